The van der Waals surface area contributed by atoms with E-state index in [1.54, 1.807) is 0 Å². The average molecular weight is 442 g/mol. The molecule has 0 radical (unpaired) electrons. The highest BCUT2D eigenvalue weighted by atomic mass is 16.6. The molecular formula is C26H27N5O2. The van der Waals surface area contributed by atoms with E-state index in [0.717, 1.165) is 47.1 Å². The van der Waals surface area contributed by atoms with E-state index < -0.39 is 0 Å². The number of nitrogens with zero attached hydrogens (tertiary/aromatic N) is 4. The van der Waals surface area contributed by atoms with Crippen LogP contribution in [0.15, 0.2) is 72.8 Å². The molecule has 1 N–H and O–H groups in total. The van der Waals surface area contributed by atoms with Crippen molar-refractivity contribution in [1.29, 1.82) is 0 Å². The molecule has 0 unspecified atom stereocenters. The van der Waals surface area contributed by atoms with Crippen LogP contribution in [0.1, 0.15) is 5.56 Å². The zero-order valence-electron chi connectivity index (χ0n) is 18.9. The quantitative estimate of drug-likeness (QED) is 0.424. The summed E-state index contributed by atoms with van der Waals surface area (Å²) in [5, 5.41) is 8.02. The van der Waals surface area contributed by atoms with Crippen LogP contribution in [-0.2, 0) is 6.42 Å². The second kappa shape index (κ2) is 9.34. The highest BCUT2D eigenvalue weighted by Gasteiger charge is 2.15. The Morgan fingerprint density at radius 3 is 2.61 bits per heavy atom. The molecule has 0 aliphatic carbocycles. The van der Waals surface area contributed by atoms with E-state index in [2.05, 4.69) is 65.7 Å². The van der Waals surface area contributed by atoms with Crippen molar-refractivity contribution in [2.75, 3.05) is 39.2 Å². The van der Waals surface area contributed by atoms with Gasteiger partial charge in [0.25, 0.3) is 0 Å². The van der Waals surface area contributed by atoms with Gasteiger partial charge in [0, 0.05) is 17.8 Å². The fraction of sp³-hybridized carbons (Fsp3) is 0.231. The Hall–Kier alpha value is -3.84. The number of rotatable bonds is 7. The van der Waals surface area contributed by atoms with Crippen LogP contribution in [0, 0.1) is 0 Å². The lowest BCUT2D eigenvalue weighted by molar-refractivity contribution is 0.171. The molecule has 33 heavy (non-hydrogen) atoms. The molecule has 7 heteroatoms. The molecule has 7 nitrogen and oxygen atoms in total. The molecule has 4 aromatic rings. The molecule has 0 atom stereocenters. The molecule has 0 saturated carbocycles. The molecular weight excluding hydrogens is 414 g/mol. The van der Waals surface area contributed by atoms with Gasteiger partial charge in [-0.2, -0.15) is 4.98 Å². The maximum Gasteiger partial charge on any atom is 0.247 e. The third-order valence-corrected chi connectivity index (χ3v) is 5.40. The van der Waals surface area contributed by atoms with Gasteiger partial charge in [-0.15, -0.1) is 5.10 Å². The van der Waals surface area contributed by atoms with Gasteiger partial charge in [-0.1, -0.05) is 30.4 Å². The second-order valence-electron chi connectivity index (χ2n) is 8.23. The monoisotopic (exact) mass is 441 g/mol. The summed E-state index contributed by atoms with van der Waals surface area (Å²) in [6, 6.07) is 20.3. The first kappa shape index (κ1) is 21.0. The Morgan fingerprint density at radius 1 is 0.970 bits per heavy atom. The van der Waals surface area contributed by atoms with Crippen molar-refractivity contribution in [3.05, 3.63) is 78.4 Å². The second-order valence-corrected chi connectivity index (χ2v) is 8.23. The maximum atomic E-state index is 5.74. The minimum absolute atomic E-state index is 0.554. The Morgan fingerprint density at radius 2 is 1.79 bits per heavy atom. The molecule has 2 aromatic carbocycles. The molecule has 5 rings (SSSR count). The van der Waals surface area contributed by atoms with Crippen LogP contribution < -0.4 is 14.8 Å². The highest BCUT2D eigenvalue weighted by molar-refractivity contribution is 5.68. The fourth-order valence-electron chi connectivity index (χ4n) is 3.74. The van der Waals surface area contributed by atoms with E-state index in [1.165, 1.54) is 5.56 Å². The van der Waals surface area contributed by atoms with Crippen molar-refractivity contribution in [3.8, 4) is 22.8 Å². The predicted molar refractivity (Wildman–Crippen MR) is 131 cm³/mol. The molecule has 0 bridgehead atoms. The van der Waals surface area contributed by atoms with Crippen LogP contribution in [0.25, 0.3) is 16.9 Å². The molecule has 3 heterocycles. The highest BCUT2D eigenvalue weighted by Crippen LogP contribution is 2.34. The Bertz CT molecular complexity index is 1280. The summed E-state index contributed by atoms with van der Waals surface area (Å²) >= 11 is 0. The topological polar surface area (TPSA) is 63.9 Å². The summed E-state index contributed by atoms with van der Waals surface area (Å²) in [5.41, 5.74) is 4.91. The predicted octanol–water partition coefficient (Wildman–Crippen LogP) is 4.57. The number of allylic oxidation sites excluding steroid dienone is 1. The number of pyridine rings is 1. The summed E-state index contributed by atoms with van der Waals surface area (Å²) in [6.45, 7) is 2.09. The lowest BCUT2D eigenvalue weighted by atomic mass is 10.1. The van der Waals surface area contributed by atoms with Crippen LogP contribution in [-0.4, -0.2) is 53.4 Å². The van der Waals surface area contributed by atoms with Crippen molar-refractivity contribution in [2.24, 2.45) is 0 Å². The number of ether oxygens (including phenoxy) is 2. The van der Waals surface area contributed by atoms with Crippen molar-refractivity contribution < 1.29 is 9.47 Å². The number of hydrogen-bond acceptors (Lipinski definition) is 6. The van der Waals surface area contributed by atoms with E-state index in [9.17, 15) is 0 Å². The van der Waals surface area contributed by atoms with Crippen molar-refractivity contribution in [2.45, 2.75) is 6.42 Å². The molecule has 1 aliphatic heterocycles. The van der Waals surface area contributed by atoms with Crippen molar-refractivity contribution in [1.82, 2.24) is 19.5 Å². The van der Waals surface area contributed by atoms with E-state index in [-0.39, 0.29) is 0 Å². The maximum absolute atomic E-state index is 5.74. The molecule has 2 aromatic heterocycles. The smallest absolute Gasteiger partial charge is 0.247 e. The number of benzene rings is 2. The summed E-state index contributed by atoms with van der Waals surface area (Å²) in [5.74, 6) is 2.08. The van der Waals surface area contributed by atoms with Gasteiger partial charge in [0.05, 0.1) is 5.69 Å². The largest absolute Gasteiger partial charge is 0.486 e. The number of likely N-dealkylation sites (N-methyl/N-ethyl adjacent to an activating group) is 1. The van der Waals surface area contributed by atoms with Crippen LogP contribution in [0.4, 0.5) is 11.6 Å². The van der Waals surface area contributed by atoms with E-state index in [4.69, 9.17) is 14.6 Å². The lowest BCUT2D eigenvalue weighted by Gasteiger charge is -2.19. The van der Waals surface area contributed by atoms with Gasteiger partial charge < -0.3 is 19.7 Å². The molecule has 0 amide bonds. The molecule has 168 valence electrons. The average Bonchev–Trinajstić information content (AvgIpc) is 3.25. The van der Waals surface area contributed by atoms with E-state index >= 15 is 0 Å². The molecule has 1 aliphatic rings. The third kappa shape index (κ3) is 4.83. The summed E-state index contributed by atoms with van der Waals surface area (Å²) in [7, 11) is 4.13. The Balaban J connectivity index is 1.34. The van der Waals surface area contributed by atoms with Gasteiger partial charge in [-0.25, -0.2) is 4.52 Å². The number of hydrogen-bond donors (Lipinski definition) is 1. The van der Waals surface area contributed by atoms with Gasteiger partial charge in [-0.05, 0) is 68.5 Å². The zero-order chi connectivity index (χ0) is 22.6. The van der Waals surface area contributed by atoms with E-state index in [1.807, 2.05) is 40.9 Å². The van der Waals surface area contributed by atoms with Gasteiger partial charge in [0.1, 0.15) is 13.2 Å². The third-order valence-electron chi connectivity index (χ3n) is 5.40. The van der Waals surface area contributed by atoms with Gasteiger partial charge in [0.2, 0.25) is 5.95 Å². The minimum Gasteiger partial charge on any atom is -0.486 e. The van der Waals surface area contributed by atoms with Crippen LogP contribution in [0.2, 0.25) is 0 Å². The minimum atomic E-state index is 0.554. The van der Waals surface area contributed by atoms with Crippen molar-refractivity contribution >= 4 is 17.3 Å². The first-order valence-corrected chi connectivity index (χ1v) is 11.1. The lowest BCUT2D eigenvalue weighted by Crippen LogP contribution is -2.15. The normalized spacial score (nSPS) is 13.2. The molecule has 0 spiro atoms. The molecule has 0 fully saturated rings. The number of anilines is 2. The summed E-state index contributed by atoms with van der Waals surface area (Å²) in [6.07, 6.45) is 5.30. The Labute approximate surface area is 193 Å². The van der Waals surface area contributed by atoms with Crippen LogP contribution in [0.5, 0.6) is 11.5 Å². The zero-order valence-corrected chi connectivity index (χ0v) is 18.9. The van der Waals surface area contributed by atoms with Gasteiger partial charge >= 0.3 is 0 Å². The fourth-order valence-corrected chi connectivity index (χ4v) is 3.74. The van der Waals surface area contributed by atoms with Crippen LogP contribution in [0.3, 0.4) is 0 Å². The van der Waals surface area contributed by atoms with Gasteiger partial charge in [-0.3, -0.25) is 0 Å². The number of fused-ring (bicyclic) bond motifs is 2. The summed E-state index contributed by atoms with van der Waals surface area (Å²) < 4.78 is 13.2. The summed E-state index contributed by atoms with van der Waals surface area (Å²) in [4.78, 5) is 6.79. The van der Waals surface area contributed by atoms with E-state index in [0.29, 0.717) is 19.2 Å². The van der Waals surface area contributed by atoms with Crippen molar-refractivity contribution in [3.63, 3.8) is 0 Å². The SMILES string of the molecule is CN(C)C/C=C/Cc1ccc(Nc2nc3cccc(-c4ccc5c(c4)OCCO5)n3n2)cc1. The van der Waals surface area contributed by atoms with Crippen LogP contribution >= 0.6 is 0 Å². The molecule has 0 saturated heterocycles. The number of aromatic nitrogens is 3. The van der Waals surface area contributed by atoms with Gasteiger partial charge in [0.15, 0.2) is 17.1 Å². The first-order valence-electron chi connectivity index (χ1n) is 11.1. The first-order chi connectivity index (χ1) is 16.2. The Kier molecular flexibility index (Phi) is 5.95. The standard InChI is InChI=1S/C26H27N5O2/c1-30(2)15-4-3-6-19-9-12-21(13-10-19)27-26-28-25-8-5-7-22(31(25)29-26)20-11-14-23-24(18-20)33-17-16-32-23/h3-5,7-14,18H,6,15-17H2,1-2H3,(H,27,29)/b4-3+. The number of nitrogens with one attached hydrogen (secondary N) is 1.